The van der Waals surface area contributed by atoms with Gasteiger partial charge in [0.25, 0.3) is 0 Å². The molecule has 2 N–H and O–H groups in total. The summed E-state index contributed by atoms with van der Waals surface area (Å²) in [7, 11) is 1.61. The Labute approximate surface area is 243 Å². The molecule has 2 aromatic heterocycles. The number of anilines is 1. The molecule has 2 bridgehead atoms. The Morgan fingerprint density at radius 2 is 1.88 bits per heavy atom. The quantitative estimate of drug-likeness (QED) is 0.349. The Morgan fingerprint density at radius 1 is 1.05 bits per heavy atom. The van der Waals surface area contributed by atoms with Crippen LogP contribution >= 0.6 is 0 Å². The van der Waals surface area contributed by atoms with E-state index in [1.165, 1.54) is 0 Å². The van der Waals surface area contributed by atoms with Crippen LogP contribution in [0.3, 0.4) is 0 Å². The van der Waals surface area contributed by atoms with Gasteiger partial charge in [-0.15, -0.1) is 0 Å². The minimum Gasteiger partial charge on any atom is -0.508 e. The highest BCUT2D eigenvalue weighted by molar-refractivity contribution is 6.01. The second-order valence-corrected chi connectivity index (χ2v) is 12.4. The number of methoxy groups -OCH3 is 1. The summed E-state index contributed by atoms with van der Waals surface area (Å²) in [6.45, 7) is 3.39. The van der Waals surface area contributed by atoms with Crippen molar-refractivity contribution in [1.82, 2.24) is 25.2 Å². The van der Waals surface area contributed by atoms with Crippen LogP contribution in [0.25, 0.3) is 32.9 Å². The molecule has 4 saturated heterocycles. The summed E-state index contributed by atoms with van der Waals surface area (Å²) in [6.07, 6.45) is 3.91. The molecule has 0 amide bonds. The maximum absolute atomic E-state index is 14.4. The molecule has 10 heteroatoms. The Kier molecular flexibility index (Phi) is 6.12. The van der Waals surface area contributed by atoms with Crippen LogP contribution in [0.15, 0.2) is 42.5 Å². The van der Waals surface area contributed by atoms with Gasteiger partial charge in [-0.2, -0.15) is 9.97 Å². The molecular weight excluding hydrogens is 535 g/mol. The summed E-state index contributed by atoms with van der Waals surface area (Å²) in [6, 6.07) is 14.5. The second kappa shape index (κ2) is 9.91. The number of alkyl halides is 1. The van der Waals surface area contributed by atoms with Crippen molar-refractivity contribution in [3.8, 4) is 28.8 Å². The number of phenolic OH excluding ortho intramolecular Hbond substituents is 1. The standard InChI is InChI=1S/C32H35FN6O3/c1-41-30-26(25-12-23(40)11-19-5-2-3-6-24(19)25)13-27-28(36-30)29(38-16-21-7-8-22(17-38)34-21)37-31(35-27)42-18-32-9-4-10-39(32)15-20(33)14-32/h2-3,5-6,11-13,20-22,34,40H,4,7-10,14-18H2,1H3/t20-,21?,22?,32?/m1/s1. The number of aromatic nitrogens is 3. The fourth-order valence-corrected chi connectivity index (χ4v) is 7.78. The van der Waals surface area contributed by atoms with Crippen molar-refractivity contribution in [3.05, 3.63) is 42.5 Å². The Balaban J connectivity index is 1.26. The number of nitrogens with zero attached hydrogens (tertiary/aromatic N) is 5. The fourth-order valence-electron chi connectivity index (χ4n) is 7.78. The molecule has 42 heavy (non-hydrogen) atoms. The third kappa shape index (κ3) is 4.31. The third-order valence-electron chi connectivity index (χ3n) is 9.67. The van der Waals surface area contributed by atoms with Gasteiger partial charge in [-0.1, -0.05) is 24.3 Å². The molecule has 4 aliphatic heterocycles. The molecule has 4 fully saturated rings. The monoisotopic (exact) mass is 570 g/mol. The summed E-state index contributed by atoms with van der Waals surface area (Å²) in [4.78, 5) is 19.3. The van der Waals surface area contributed by atoms with Gasteiger partial charge in [0.15, 0.2) is 5.82 Å². The summed E-state index contributed by atoms with van der Waals surface area (Å²) in [5.74, 6) is 1.34. The minimum atomic E-state index is -0.824. The number of rotatable bonds is 6. The van der Waals surface area contributed by atoms with Gasteiger partial charge in [-0.3, -0.25) is 4.90 Å². The average molecular weight is 571 g/mol. The maximum atomic E-state index is 14.4. The van der Waals surface area contributed by atoms with Crippen LogP contribution in [0.1, 0.15) is 32.1 Å². The first-order valence-corrected chi connectivity index (χ1v) is 15.0. The van der Waals surface area contributed by atoms with Gasteiger partial charge in [0.05, 0.1) is 18.2 Å². The van der Waals surface area contributed by atoms with Gasteiger partial charge in [0.1, 0.15) is 24.0 Å². The van der Waals surface area contributed by atoms with Crippen molar-refractivity contribution in [2.24, 2.45) is 0 Å². The zero-order chi connectivity index (χ0) is 28.4. The summed E-state index contributed by atoms with van der Waals surface area (Å²) >= 11 is 0. The number of phenols is 1. The molecule has 8 rings (SSSR count). The number of hydrogen-bond donors (Lipinski definition) is 2. The Morgan fingerprint density at radius 3 is 2.71 bits per heavy atom. The molecule has 0 radical (unpaired) electrons. The predicted octanol–water partition coefficient (Wildman–Crippen LogP) is 4.46. The molecule has 218 valence electrons. The van der Waals surface area contributed by atoms with Gasteiger partial charge in [0.2, 0.25) is 5.88 Å². The van der Waals surface area contributed by atoms with E-state index in [9.17, 15) is 9.50 Å². The fraction of sp³-hybridized carbons (Fsp3) is 0.469. The first-order chi connectivity index (χ1) is 20.5. The van der Waals surface area contributed by atoms with Gasteiger partial charge in [-0.25, -0.2) is 9.37 Å². The molecule has 9 nitrogen and oxygen atoms in total. The number of aromatic hydroxyl groups is 1. The van der Waals surface area contributed by atoms with Crippen LogP contribution in [-0.2, 0) is 0 Å². The van der Waals surface area contributed by atoms with Gasteiger partial charge < -0.3 is 24.8 Å². The first kappa shape index (κ1) is 25.9. The van der Waals surface area contributed by atoms with Crippen LogP contribution in [0, 0.1) is 0 Å². The lowest BCUT2D eigenvalue weighted by Gasteiger charge is -2.34. The SMILES string of the molecule is COc1nc2c(N3CC4CCC(C3)N4)nc(OCC34CCCN3C[C@H](F)C4)nc2cc1-c1cc(O)cc2ccccc12. The van der Waals surface area contributed by atoms with Crippen molar-refractivity contribution in [2.75, 3.05) is 44.8 Å². The maximum Gasteiger partial charge on any atom is 0.319 e. The average Bonchev–Trinajstić information content (AvgIpc) is 3.64. The zero-order valence-corrected chi connectivity index (χ0v) is 23.7. The van der Waals surface area contributed by atoms with Gasteiger partial charge >= 0.3 is 6.01 Å². The molecule has 0 aliphatic carbocycles. The zero-order valence-electron chi connectivity index (χ0n) is 23.7. The van der Waals surface area contributed by atoms with E-state index < -0.39 is 6.17 Å². The van der Waals surface area contributed by atoms with Crippen molar-refractivity contribution in [2.45, 2.75) is 55.9 Å². The van der Waals surface area contributed by atoms with E-state index >= 15 is 0 Å². The van der Waals surface area contributed by atoms with Crippen LogP contribution in [0.4, 0.5) is 10.2 Å². The Hall–Kier alpha value is -3.76. The molecular formula is C32H35FN6O3. The second-order valence-electron chi connectivity index (χ2n) is 12.4. The normalized spacial score (nSPS) is 27.2. The Bertz CT molecular complexity index is 1670. The van der Waals surface area contributed by atoms with E-state index in [0.29, 0.717) is 48.6 Å². The smallest absolute Gasteiger partial charge is 0.319 e. The molecule has 6 heterocycles. The van der Waals surface area contributed by atoms with E-state index in [2.05, 4.69) is 15.1 Å². The third-order valence-corrected chi connectivity index (χ3v) is 9.67. The number of piperazine rings is 1. The number of ether oxygens (including phenoxy) is 2. The van der Waals surface area contributed by atoms with Crippen LogP contribution in [-0.4, -0.2) is 88.6 Å². The highest BCUT2D eigenvalue weighted by Gasteiger charge is 2.49. The van der Waals surface area contributed by atoms with E-state index in [1.807, 2.05) is 30.3 Å². The minimum absolute atomic E-state index is 0.164. The van der Waals surface area contributed by atoms with Crippen molar-refractivity contribution < 1.29 is 19.0 Å². The molecule has 2 aromatic carbocycles. The molecule has 3 unspecified atom stereocenters. The number of fused-ring (bicyclic) bond motifs is 5. The van der Waals surface area contributed by atoms with Crippen LogP contribution in [0.2, 0.25) is 0 Å². The number of pyridine rings is 1. The van der Waals surface area contributed by atoms with Crippen LogP contribution < -0.4 is 19.7 Å². The van der Waals surface area contributed by atoms with E-state index in [0.717, 1.165) is 73.0 Å². The van der Waals surface area contributed by atoms with Crippen LogP contribution in [0.5, 0.6) is 17.6 Å². The lowest BCUT2D eigenvalue weighted by Crippen LogP contribution is -2.51. The van der Waals surface area contributed by atoms with Crippen molar-refractivity contribution >= 4 is 27.6 Å². The number of halogens is 1. The number of nitrogens with one attached hydrogen (secondary N) is 1. The summed E-state index contributed by atoms with van der Waals surface area (Å²) in [5.41, 5.74) is 2.53. The number of benzene rings is 2. The van der Waals surface area contributed by atoms with Gasteiger partial charge in [0, 0.05) is 43.7 Å². The van der Waals surface area contributed by atoms with E-state index in [4.69, 9.17) is 24.4 Å². The molecule has 4 atom stereocenters. The lowest BCUT2D eigenvalue weighted by molar-refractivity contribution is 0.107. The molecule has 0 spiro atoms. The number of hydrogen-bond acceptors (Lipinski definition) is 9. The largest absolute Gasteiger partial charge is 0.508 e. The van der Waals surface area contributed by atoms with Crippen molar-refractivity contribution in [1.29, 1.82) is 0 Å². The first-order valence-electron chi connectivity index (χ1n) is 15.0. The highest BCUT2D eigenvalue weighted by Crippen LogP contribution is 2.42. The summed E-state index contributed by atoms with van der Waals surface area (Å²) < 4.78 is 26.7. The molecule has 4 aliphatic rings. The van der Waals surface area contributed by atoms with E-state index in [1.54, 1.807) is 19.2 Å². The molecule has 0 saturated carbocycles. The lowest BCUT2D eigenvalue weighted by atomic mass is 9.95. The predicted molar refractivity (Wildman–Crippen MR) is 159 cm³/mol. The van der Waals surface area contributed by atoms with Crippen molar-refractivity contribution in [3.63, 3.8) is 0 Å². The van der Waals surface area contributed by atoms with E-state index in [-0.39, 0.29) is 17.3 Å². The summed E-state index contributed by atoms with van der Waals surface area (Å²) in [5, 5.41) is 16.2. The molecule has 4 aromatic rings. The highest BCUT2D eigenvalue weighted by atomic mass is 19.1. The topological polar surface area (TPSA) is 95.9 Å². The van der Waals surface area contributed by atoms with Gasteiger partial charge in [-0.05, 0) is 66.8 Å².